The summed E-state index contributed by atoms with van der Waals surface area (Å²) in [5.74, 6) is 1.75. The van der Waals surface area contributed by atoms with Crippen LogP contribution in [0.4, 0.5) is 0 Å². The van der Waals surface area contributed by atoms with Crippen molar-refractivity contribution < 1.29 is 14.1 Å². The molecule has 1 aliphatic heterocycles. The Hall–Kier alpha value is -1.48. The maximum atomic E-state index is 12.2. The van der Waals surface area contributed by atoms with Crippen LogP contribution in [0.2, 0.25) is 0 Å². The number of rotatable bonds is 10. The molecule has 1 fully saturated rings. The summed E-state index contributed by atoms with van der Waals surface area (Å²) in [6.45, 7) is 9.07. The van der Waals surface area contributed by atoms with Crippen LogP contribution < -0.4 is 10.6 Å². The SMILES string of the molecule is CCNC(=NCC(C)(O)CN1CCOCC1)NCCS(=O)Cc1ccccc1. The fraction of sp³-hybridized carbons (Fsp3) is 0.650. The van der Waals surface area contributed by atoms with Crippen molar-refractivity contribution in [1.82, 2.24) is 15.5 Å². The Kier molecular flexibility index (Phi) is 9.91. The molecule has 0 spiro atoms. The van der Waals surface area contributed by atoms with E-state index in [9.17, 15) is 9.32 Å². The van der Waals surface area contributed by atoms with E-state index in [0.717, 1.165) is 25.2 Å². The largest absolute Gasteiger partial charge is 0.387 e. The van der Waals surface area contributed by atoms with Gasteiger partial charge in [0.1, 0.15) is 0 Å². The highest BCUT2D eigenvalue weighted by Crippen LogP contribution is 2.09. The molecule has 2 atom stereocenters. The molecule has 0 saturated carbocycles. The number of aliphatic imine (C=N–C) groups is 1. The number of ether oxygens (including phenoxy) is 1. The quantitative estimate of drug-likeness (QED) is 0.386. The normalized spacial score (nSPS) is 19.0. The minimum atomic E-state index is -0.931. The molecule has 0 radical (unpaired) electrons. The van der Waals surface area contributed by atoms with Crippen LogP contribution in [0, 0.1) is 0 Å². The monoisotopic (exact) mass is 410 g/mol. The summed E-state index contributed by atoms with van der Waals surface area (Å²) in [5.41, 5.74) is 0.177. The molecule has 1 aromatic carbocycles. The Morgan fingerprint density at radius 2 is 2.00 bits per heavy atom. The smallest absolute Gasteiger partial charge is 0.191 e. The van der Waals surface area contributed by atoms with Crippen LogP contribution in [-0.4, -0.2) is 84.0 Å². The Morgan fingerprint density at radius 1 is 1.29 bits per heavy atom. The number of guanidine groups is 1. The molecule has 8 heteroatoms. The minimum absolute atomic E-state index is 0.298. The van der Waals surface area contributed by atoms with Crippen molar-refractivity contribution in [3.05, 3.63) is 35.9 Å². The zero-order chi connectivity index (χ0) is 20.2. The first kappa shape index (κ1) is 22.8. The van der Waals surface area contributed by atoms with Gasteiger partial charge in [0.2, 0.25) is 0 Å². The number of nitrogens with zero attached hydrogens (tertiary/aromatic N) is 2. The minimum Gasteiger partial charge on any atom is -0.387 e. The summed E-state index contributed by atoms with van der Waals surface area (Å²) in [4.78, 5) is 6.72. The topological polar surface area (TPSA) is 86.2 Å². The lowest BCUT2D eigenvalue weighted by molar-refractivity contribution is -0.0179. The molecule has 158 valence electrons. The first-order valence-electron chi connectivity index (χ1n) is 9.92. The van der Waals surface area contributed by atoms with Gasteiger partial charge in [-0.3, -0.25) is 14.1 Å². The van der Waals surface area contributed by atoms with Gasteiger partial charge in [0.05, 0.1) is 25.4 Å². The molecule has 1 saturated heterocycles. The zero-order valence-corrected chi connectivity index (χ0v) is 17.8. The van der Waals surface area contributed by atoms with Crippen molar-refractivity contribution in [2.24, 2.45) is 4.99 Å². The summed E-state index contributed by atoms with van der Waals surface area (Å²) >= 11 is 0. The van der Waals surface area contributed by atoms with Crippen LogP contribution in [-0.2, 0) is 21.3 Å². The lowest BCUT2D eigenvalue weighted by atomic mass is 10.1. The number of aliphatic hydroxyl groups is 1. The van der Waals surface area contributed by atoms with Crippen molar-refractivity contribution in [3.8, 4) is 0 Å². The maximum absolute atomic E-state index is 12.2. The molecule has 0 amide bonds. The number of hydrogen-bond donors (Lipinski definition) is 3. The predicted molar refractivity (Wildman–Crippen MR) is 115 cm³/mol. The Morgan fingerprint density at radius 3 is 2.68 bits per heavy atom. The van der Waals surface area contributed by atoms with Crippen LogP contribution in [0.5, 0.6) is 0 Å². The van der Waals surface area contributed by atoms with Crippen molar-refractivity contribution in [2.45, 2.75) is 25.2 Å². The van der Waals surface area contributed by atoms with E-state index in [1.54, 1.807) is 0 Å². The number of β-amino-alcohol motifs (C(OH)–C–C–N with tert-alkyl or cyclic N) is 1. The zero-order valence-electron chi connectivity index (χ0n) is 17.0. The third-order valence-corrected chi connectivity index (χ3v) is 5.70. The van der Waals surface area contributed by atoms with Crippen LogP contribution >= 0.6 is 0 Å². The Bertz CT molecular complexity index is 619. The van der Waals surface area contributed by atoms with Crippen molar-refractivity contribution in [3.63, 3.8) is 0 Å². The first-order valence-corrected chi connectivity index (χ1v) is 11.4. The van der Waals surface area contributed by atoms with E-state index >= 15 is 0 Å². The van der Waals surface area contributed by atoms with Crippen LogP contribution in [0.15, 0.2) is 35.3 Å². The number of hydrogen-bond acceptors (Lipinski definition) is 5. The van der Waals surface area contributed by atoms with Crippen molar-refractivity contribution >= 4 is 16.8 Å². The van der Waals surface area contributed by atoms with Crippen molar-refractivity contribution in [1.29, 1.82) is 0 Å². The molecule has 28 heavy (non-hydrogen) atoms. The van der Waals surface area contributed by atoms with E-state index in [-0.39, 0.29) is 0 Å². The fourth-order valence-electron chi connectivity index (χ4n) is 3.00. The number of nitrogens with one attached hydrogen (secondary N) is 2. The van der Waals surface area contributed by atoms with E-state index in [2.05, 4.69) is 20.5 Å². The van der Waals surface area contributed by atoms with Gasteiger partial charge in [-0.15, -0.1) is 0 Å². The summed E-state index contributed by atoms with van der Waals surface area (Å²) < 4.78 is 17.6. The third-order valence-electron chi connectivity index (χ3n) is 4.38. The summed E-state index contributed by atoms with van der Waals surface area (Å²) in [6.07, 6.45) is 0. The molecule has 0 aromatic heterocycles. The van der Waals surface area contributed by atoms with E-state index in [1.807, 2.05) is 44.2 Å². The summed E-state index contributed by atoms with van der Waals surface area (Å²) in [6, 6.07) is 9.87. The van der Waals surface area contributed by atoms with Gasteiger partial charge >= 0.3 is 0 Å². The molecule has 2 rings (SSSR count). The Labute approximate surface area is 171 Å². The molecule has 0 aliphatic carbocycles. The lowest BCUT2D eigenvalue weighted by Gasteiger charge is -2.33. The average molecular weight is 411 g/mol. The Balaban J connectivity index is 1.76. The third kappa shape index (κ3) is 9.14. The maximum Gasteiger partial charge on any atom is 0.191 e. The van der Waals surface area contributed by atoms with Gasteiger partial charge in [0.25, 0.3) is 0 Å². The predicted octanol–water partition coefficient (Wildman–Crippen LogP) is 0.574. The number of benzene rings is 1. The first-order chi connectivity index (χ1) is 13.5. The molecule has 0 bridgehead atoms. The molecule has 2 unspecified atom stereocenters. The van der Waals surface area contributed by atoms with Crippen LogP contribution in [0.3, 0.4) is 0 Å². The highest BCUT2D eigenvalue weighted by atomic mass is 32.2. The number of morpholine rings is 1. The summed E-state index contributed by atoms with van der Waals surface area (Å²) in [5, 5.41) is 17.1. The highest BCUT2D eigenvalue weighted by Gasteiger charge is 2.25. The second-order valence-electron chi connectivity index (χ2n) is 7.28. The highest BCUT2D eigenvalue weighted by molar-refractivity contribution is 7.84. The standard InChI is InChI=1S/C20H34N4O3S/c1-3-21-19(22-9-14-28(26)15-18-7-5-4-6-8-18)23-16-20(2,25)17-24-10-12-27-13-11-24/h4-8,25H,3,9-17H2,1-2H3,(H2,21,22,23). The summed E-state index contributed by atoms with van der Waals surface area (Å²) in [7, 11) is -0.931. The average Bonchev–Trinajstić information content (AvgIpc) is 2.67. The molecular weight excluding hydrogens is 376 g/mol. The van der Waals surface area contributed by atoms with Gasteiger partial charge in [-0.2, -0.15) is 0 Å². The van der Waals surface area contributed by atoms with Crippen LogP contribution in [0.25, 0.3) is 0 Å². The molecule has 1 heterocycles. The molecule has 1 aliphatic rings. The lowest BCUT2D eigenvalue weighted by Crippen LogP contribution is -2.48. The molecule has 7 nitrogen and oxygen atoms in total. The van der Waals surface area contributed by atoms with E-state index < -0.39 is 16.4 Å². The fourth-order valence-corrected chi connectivity index (χ4v) is 4.04. The van der Waals surface area contributed by atoms with Gasteiger partial charge in [0.15, 0.2) is 5.96 Å². The molecular formula is C20H34N4O3S. The van der Waals surface area contributed by atoms with Gasteiger partial charge in [0, 0.05) is 55.0 Å². The van der Waals surface area contributed by atoms with E-state index in [4.69, 9.17) is 4.74 Å². The van der Waals surface area contributed by atoms with Gasteiger partial charge < -0.3 is 20.5 Å². The molecule has 1 aromatic rings. The van der Waals surface area contributed by atoms with Gasteiger partial charge in [-0.25, -0.2) is 0 Å². The van der Waals surface area contributed by atoms with Gasteiger partial charge in [-0.05, 0) is 19.4 Å². The molecule has 3 N–H and O–H groups in total. The van der Waals surface area contributed by atoms with Crippen LogP contribution in [0.1, 0.15) is 19.4 Å². The second-order valence-corrected chi connectivity index (χ2v) is 8.86. The van der Waals surface area contributed by atoms with E-state index in [0.29, 0.717) is 50.3 Å². The second kappa shape index (κ2) is 12.2. The van der Waals surface area contributed by atoms with Crippen molar-refractivity contribution in [2.75, 3.05) is 58.2 Å². The van der Waals surface area contributed by atoms with E-state index in [1.165, 1.54) is 0 Å². The van der Waals surface area contributed by atoms with Gasteiger partial charge in [-0.1, -0.05) is 30.3 Å².